The van der Waals surface area contributed by atoms with Crippen molar-refractivity contribution in [2.24, 2.45) is 0 Å². The maximum Gasteiger partial charge on any atom is 0.261 e. The summed E-state index contributed by atoms with van der Waals surface area (Å²) in [6, 6.07) is 23.8. The van der Waals surface area contributed by atoms with Crippen LogP contribution < -0.4 is 10.1 Å². The van der Waals surface area contributed by atoms with Crippen molar-refractivity contribution in [1.82, 2.24) is 14.5 Å². The van der Waals surface area contributed by atoms with Crippen LogP contribution in [-0.4, -0.2) is 86.6 Å². The van der Waals surface area contributed by atoms with Gasteiger partial charge in [0.05, 0.1) is 24.7 Å². The number of aliphatic hydroxyl groups excluding tert-OH is 1. The lowest BCUT2D eigenvalue weighted by molar-refractivity contribution is -0.142. The van der Waals surface area contributed by atoms with Crippen LogP contribution in [0.4, 0.5) is 0 Å². The maximum absolute atomic E-state index is 13.6. The molecular formula is C30H35N3O7S. The van der Waals surface area contributed by atoms with Gasteiger partial charge in [-0.05, 0) is 35.4 Å². The molecule has 2 N–H and O–H groups in total. The number of rotatable bonds is 13. The van der Waals surface area contributed by atoms with Gasteiger partial charge in [0.25, 0.3) is 5.91 Å². The largest absolute Gasteiger partial charge is 0.484 e. The van der Waals surface area contributed by atoms with E-state index in [1.807, 2.05) is 60.7 Å². The van der Waals surface area contributed by atoms with Gasteiger partial charge in [-0.2, -0.15) is 4.31 Å². The summed E-state index contributed by atoms with van der Waals surface area (Å²) in [7, 11) is -3.66. The van der Waals surface area contributed by atoms with Gasteiger partial charge in [0.15, 0.2) is 6.61 Å². The Kier molecular flexibility index (Phi) is 10.9. The van der Waals surface area contributed by atoms with Gasteiger partial charge in [0, 0.05) is 32.6 Å². The molecule has 0 aliphatic carbocycles. The molecule has 0 aromatic heterocycles. The number of amides is 2. The number of benzene rings is 3. The maximum atomic E-state index is 13.6. The van der Waals surface area contributed by atoms with Crippen molar-refractivity contribution in [3.8, 4) is 5.75 Å². The lowest BCUT2D eigenvalue weighted by Crippen LogP contribution is -2.52. The Labute approximate surface area is 240 Å². The Hall–Kier alpha value is -3.77. The van der Waals surface area contributed by atoms with E-state index in [1.54, 1.807) is 0 Å². The zero-order chi connectivity index (χ0) is 29.1. The molecule has 1 aliphatic heterocycles. The molecule has 0 saturated carbocycles. The Bertz CT molecular complexity index is 1360. The lowest BCUT2D eigenvalue weighted by Gasteiger charge is -2.31. The fourth-order valence-corrected chi connectivity index (χ4v) is 5.91. The van der Waals surface area contributed by atoms with Crippen molar-refractivity contribution >= 4 is 21.8 Å². The molecular weight excluding hydrogens is 546 g/mol. The molecule has 10 nitrogen and oxygen atoms in total. The van der Waals surface area contributed by atoms with Crippen LogP contribution in [0.25, 0.3) is 0 Å². The first-order valence-electron chi connectivity index (χ1n) is 13.4. The topological polar surface area (TPSA) is 125 Å². The first kappa shape index (κ1) is 30.2. The van der Waals surface area contributed by atoms with Gasteiger partial charge in [0.1, 0.15) is 11.8 Å². The molecule has 1 aliphatic rings. The summed E-state index contributed by atoms with van der Waals surface area (Å²) in [6.45, 7) is 0.941. The second-order valence-electron chi connectivity index (χ2n) is 9.50. The van der Waals surface area contributed by atoms with Gasteiger partial charge in [-0.3, -0.25) is 9.59 Å². The number of aliphatic hydroxyl groups is 1. The second kappa shape index (κ2) is 14.7. The van der Waals surface area contributed by atoms with Gasteiger partial charge in [0.2, 0.25) is 15.9 Å². The molecule has 4 rings (SSSR count). The van der Waals surface area contributed by atoms with Crippen molar-refractivity contribution in [2.45, 2.75) is 23.9 Å². The predicted molar refractivity (Wildman–Crippen MR) is 153 cm³/mol. The fraction of sp³-hybridized carbons (Fsp3) is 0.333. The molecule has 41 heavy (non-hydrogen) atoms. The third-order valence-corrected chi connectivity index (χ3v) is 8.58. The zero-order valence-electron chi connectivity index (χ0n) is 22.7. The minimum atomic E-state index is -3.66. The highest BCUT2D eigenvalue weighted by Gasteiger charge is 2.31. The van der Waals surface area contributed by atoms with E-state index in [9.17, 15) is 23.1 Å². The van der Waals surface area contributed by atoms with Crippen molar-refractivity contribution in [1.29, 1.82) is 0 Å². The average molecular weight is 582 g/mol. The highest BCUT2D eigenvalue weighted by atomic mass is 32.2. The van der Waals surface area contributed by atoms with E-state index in [0.717, 1.165) is 11.1 Å². The summed E-state index contributed by atoms with van der Waals surface area (Å²) >= 11 is 0. The van der Waals surface area contributed by atoms with Crippen molar-refractivity contribution in [2.75, 3.05) is 46.1 Å². The number of carbonyl (C=O) groups is 2. The Morgan fingerprint density at radius 1 is 0.927 bits per heavy atom. The first-order chi connectivity index (χ1) is 19.9. The molecule has 1 atom stereocenters. The number of hydrogen-bond donors (Lipinski definition) is 2. The summed E-state index contributed by atoms with van der Waals surface area (Å²) in [5.41, 5.74) is 1.71. The van der Waals surface area contributed by atoms with Gasteiger partial charge in [-0.1, -0.05) is 60.7 Å². The van der Waals surface area contributed by atoms with Crippen LogP contribution in [0.3, 0.4) is 0 Å². The van der Waals surface area contributed by atoms with Crippen LogP contribution in [0.1, 0.15) is 11.1 Å². The molecule has 0 radical (unpaired) electrons. The molecule has 1 heterocycles. The van der Waals surface area contributed by atoms with E-state index >= 15 is 0 Å². The number of hydrogen-bond acceptors (Lipinski definition) is 7. The molecule has 3 aromatic rings. The van der Waals surface area contributed by atoms with Crippen molar-refractivity contribution < 1.29 is 32.6 Å². The lowest BCUT2D eigenvalue weighted by atomic mass is 10.0. The van der Waals surface area contributed by atoms with Gasteiger partial charge in [-0.25, -0.2) is 8.42 Å². The summed E-state index contributed by atoms with van der Waals surface area (Å²) in [4.78, 5) is 28.5. The van der Waals surface area contributed by atoms with Gasteiger partial charge < -0.3 is 24.8 Å². The molecule has 0 bridgehead atoms. The van der Waals surface area contributed by atoms with Crippen LogP contribution in [0.2, 0.25) is 0 Å². The standard InChI is InChI=1S/C30H35N3O7S/c34-18-15-31-30(36)28(21-24-7-3-1-4-8-24)33(22-25-9-5-2-6-10-25)29(35)23-40-26-11-13-27(14-12-26)41(37,38)32-16-19-39-20-17-32/h1-14,28,34H,15-23H2,(H,31,36)/t28-/m0/s1. The van der Waals surface area contributed by atoms with Crippen molar-refractivity contribution in [3.05, 3.63) is 96.1 Å². The first-order valence-corrected chi connectivity index (χ1v) is 14.9. The van der Waals surface area contributed by atoms with Gasteiger partial charge in [-0.15, -0.1) is 0 Å². The van der Waals surface area contributed by atoms with E-state index in [-0.39, 0.29) is 43.5 Å². The second-order valence-corrected chi connectivity index (χ2v) is 11.4. The number of ether oxygens (including phenoxy) is 2. The average Bonchev–Trinajstić information content (AvgIpc) is 3.02. The minimum Gasteiger partial charge on any atom is -0.484 e. The van der Waals surface area contributed by atoms with Crippen LogP contribution in [0.15, 0.2) is 89.8 Å². The molecule has 0 unspecified atom stereocenters. The van der Waals surface area contributed by atoms with E-state index in [1.165, 1.54) is 33.5 Å². The third-order valence-electron chi connectivity index (χ3n) is 6.67. The van der Waals surface area contributed by atoms with Crippen LogP contribution in [0, 0.1) is 0 Å². The highest BCUT2D eigenvalue weighted by molar-refractivity contribution is 7.89. The summed E-state index contributed by atoms with van der Waals surface area (Å²) in [5.74, 6) is -0.480. The smallest absolute Gasteiger partial charge is 0.261 e. The number of nitrogens with zero attached hydrogens (tertiary/aromatic N) is 2. The van der Waals surface area contributed by atoms with Crippen LogP contribution in [-0.2, 0) is 37.3 Å². The highest BCUT2D eigenvalue weighted by Crippen LogP contribution is 2.21. The van der Waals surface area contributed by atoms with E-state index in [0.29, 0.717) is 32.1 Å². The number of nitrogens with one attached hydrogen (secondary N) is 1. The monoisotopic (exact) mass is 581 g/mol. The molecule has 0 spiro atoms. The SMILES string of the molecule is O=C(NCCO)[C@H](Cc1ccccc1)N(Cc1ccccc1)C(=O)COc1ccc(S(=O)(=O)N2CCOCC2)cc1. The fourth-order valence-electron chi connectivity index (χ4n) is 4.50. The minimum absolute atomic E-state index is 0.0632. The van der Waals surface area contributed by atoms with Gasteiger partial charge >= 0.3 is 0 Å². The number of carbonyl (C=O) groups excluding carboxylic acids is 2. The van der Waals surface area contributed by atoms with E-state index < -0.39 is 22.0 Å². The molecule has 2 amide bonds. The quantitative estimate of drug-likeness (QED) is 0.316. The van der Waals surface area contributed by atoms with Crippen LogP contribution >= 0.6 is 0 Å². The normalized spacial score (nSPS) is 14.7. The number of sulfonamides is 1. The third kappa shape index (κ3) is 8.37. The molecule has 3 aromatic carbocycles. The zero-order valence-corrected chi connectivity index (χ0v) is 23.5. The van der Waals surface area contributed by atoms with E-state index in [4.69, 9.17) is 9.47 Å². The summed E-state index contributed by atoms with van der Waals surface area (Å²) in [5, 5.41) is 12.0. The molecule has 218 valence electrons. The number of morpholine rings is 1. The molecule has 1 saturated heterocycles. The van der Waals surface area contributed by atoms with E-state index in [2.05, 4.69) is 5.32 Å². The van der Waals surface area contributed by atoms with Crippen LogP contribution in [0.5, 0.6) is 5.75 Å². The van der Waals surface area contributed by atoms with Crippen molar-refractivity contribution in [3.63, 3.8) is 0 Å². The Morgan fingerprint density at radius 3 is 2.15 bits per heavy atom. The predicted octanol–water partition coefficient (Wildman–Crippen LogP) is 1.83. The summed E-state index contributed by atoms with van der Waals surface area (Å²) in [6.07, 6.45) is 0.269. The molecule has 11 heteroatoms. The molecule has 1 fully saturated rings. The summed E-state index contributed by atoms with van der Waals surface area (Å²) < 4.78 is 38.2. The Morgan fingerprint density at radius 2 is 1.54 bits per heavy atom. The Balaban J connectivity index is 1.51.